The van der Waals surface area contributed by atoms with Gasteiger partial charge >= 0.3 is 0 Å². The minimum Gasteiger partial charge on any atom is -0.449 e. The van der Waals surface area contributed by atoms with Gasteiger partial charge in [-0.2, -0.15) is 5.26 Å². The summed E-state index contributed by atoms with van der Waals surface area (Å²) < 4.78 is 6.68. The topological polar surface area (TPSA) is 36.9 Å². The molecule has 0 aliphatic carbocycles. The Kier molecular flexibility index (Phi) is 5.93. The van der Waals surface area contributed by atoms with Crippen LogP contribution >= 0.6 is 50.9 Å². The van der Waals surface area contributed by atoms with Gasteiger partial charge in [0.15, 0.2) is 5.09 Å². The van der Waals surface area contributed by atoms with E-state index in [1.165, 1.54) is 11.8 Å². The summed E-state index contributed by atoms with van der Waals surface area (Å²) >= 11 is 17.1. The Morgan fingerprint density at radius 3 is 2.56 bits per heavy atom. The van der Waals surface area contributed by atoms with Crippen molar-refractivity contribution in [1.29, 1.82) is 5.26 Å². The fourth-order valence-corrected chi connectivity index (χ4v) is 3.99. The third kappa shape index (κ3) is 4.50. The van der Waals surface area contributed by atoms with E-state index in [1.807, 2.05) is 36.4 Å². The molecule has 6 heteroatoms. The van der Waals surface area contributed by atoms with Gasteiger partial charge in [-0.3, -0.25) is 0 Å². The lowest BCUT2D eigenvalue weighted by molar-refractivity contribution is 0.463. The molecule has 0 amide bonds. The first-order valence-corrected chi connectivity index (χ1v) is 9.53. The molecule has 1 heterocycles. The molecule has 25 heavy (non-hydrogen) atoms. The van der Waals surface area contributed by atoms with Crippen LogP contribution in [0, 0.1) is 11.3 Å². The molecular weight excluding hydrogens is 441 g/mol. The van der Waals surface area contributed by atoms with Crippen LogP contribution in [0.5, 0.6) is 0 Å². The second-order valence-electron chi connectivity index (χ2n) is 4.99. The molecule has 3 rings (SSSR count). The Bertz CT molecular complexity index is 977. The molecule has 124 valence electrons. The van der Waals surface area contributed by atoms with E-state index in [9.17, 15) is 5.26 Å². The Labute approximate surface area is 168 Å². The first kappa shape index (κ1) is 18.2. The summed E-state index contributed by atoms with van der Waals surface area (Å²) in [5, 5.41) is 11.1. The highest BCUT2D eigenvalue weighted by Crippen LogP contribution is 2.37. The van der Waals surface area contributed by atoms with Crippen LogP contribution in [0.15, 0.2) is 73.5 Å². The summed E-state index contributed by atoms with van der Waals surface area (Å²) in [5.41, 5.74) is 1.01. The molecule has 0 saturated heterocycles. The number of furan rings is 1. The van der Waals surface area contributed by atoms with Gasteiger partial charge in [-0.25, -0.2) is 0 Å². The van der Waals surface area contributed by atoms with Crippen molar-refractivity contribution >= 4 is 62.5 Å². The second-order valence-corrected chi connectivity index (χ2v) is 7.74. The summed E-state index contributed by atoms with van der Waals surface area (Å²) in [4.78, 5) is 1.06. The van der Waals surface area contributed by atoms with Gasteiger partial charge in [0, 0.05) is 15.5 Å². The molecule has 0 N–H and O–H groups in total. The molecule has 0 saturated carbocycles. The molecule has 0 aliphatic rings. The zero-order chi connectivity index (χ0) is 17.8. The van der Waals surface area contributed by atoms with Crippen LogP contribution in [0.3, 0.4) is 0 Å². The van der Waals surface area contributed by atoms with Gasteiger partial charge < -0.3 is 4.42 Å². The number of nitriles is 1. The summed E-state index contributed by atoms with van der Waals surface area (Å²) in [6, 6.07) is 18.9. The maximum absolute atomic E-state index is 9.48. The second kappa shape index (κ2) is 8.16. The Balaban J connectivity index is 1.92. The monoisotopic (exact) mass is 449 g/mol. The standard InChI is InChI=1S/C19H10BrCl2NOS/c20-17-10-14(24-19(17)25-15-4-2-1-3-5-15)8-12(11-23)16-7-6-13(21)9-18(16)22/h1-10H/b12-8-. The van der Waals surface area contributed by atoms with Gasteiger partial charge in [-0.1, -0.05) is 59.2 Å². The van der Waals surface area contributed by atoms with E-state index >= 15 is 0 Å². The van der Waals surface area contributed by atoms with Crippen LogP contribution in [-0.2, 0) is 0 Å². The predicted molar refractivity (Wildman–Crippen MR) is 107 cm³/mol. The molecule has 0 radical (unpaired) electrons. The molecule has 1 aromatic heterocycles. The van der Waals surface area contributed by atoms with Crippen molar-refractivity contribution in [2.45, 2.75) is 9.99 Å². The van der Waals surface area contributed by atoms with Crippen LogP contribution in [0.4, 0.5) is 0 Å². The minimum atomic E-state index is 0.402. The van der Waals surface area contributed by atoms with Gasteiger partial charge in [0.05, 0.1) is 21.1 Å². The van der Waals surface area contributed by atoms with Crippen LogP contribution in [0.2, 0.25) is 10.0 Å². The van der Waals surface area contributed by atoms with Crippen LogP contribution < -0.4 is 0 Å². The minimum absolute atomic E-state index is 0.402. The van der Waals surface area contributed by atoms with Crippen LogP contribution in [0.1, 0.15) is 11.3 Å². The quantitative estimate of drug-likeness (QED) is 0.384. The van der Waals surface area contributed by atoms with Crippen LogP contribution in [-0.4, -0.2) is 0 Å². The maximum atomic E-state index is 9.48. The van der Waals surface area contributed by atoms with Crippen LogP contribution in [0.25, 0.3) is 11.6 Å². The summed E-state index contributed by atoms with van der Waals surface area (Å²) in [6.45, 7) is 0. The van der Waals surface area contributed by atoms with E-state index in [0.717, 1.165) is 14.5 Å². The van der Waals surface area contributed by atoms with Gasteiger partial charge in [0.2, 0.25) is 0 Å². The first-order chi connectivity index (χ1) is 12.1. The van der Waals surface area contributed by atoms with Gasteiger partial charge in [-0.05, 0) is 52.3 Å². The highest BCUT2D eigenvalue weighted by atomic mass is 79.9. The summed E-state index contributed by atoms with van der Waals surface area (Å²) in [7, 11) is 0. The molecule has 0 unspecified atom stereocenters. The van der Waals surface area contributed by atoms with E-state index in [-0.39, 0.29) is 0 Å². The maximum Gasteiger partial charge on any atom is 0.179 e. The molecule has 2 nitrogen and oxygen atoms in total. The van der Waals surface area contributed by atoms with E-state index in [1.54, 1.807) is 24.3 Å². The molecular formula is C19H10BrCl2NOS. The zero-order valence-corrected chi connectivity index (χ0v) is 16.6. The molecule has 0 atom stereocenters. The normalized spacial score (nSPS) is 11.4. The number of hydrogen-bond acceptors (Lipinski definition) is 3. The number of allylic oxidation sites excluding steroid dienone is 1. The molecule has 0 bridgehead atoms. The lowest BCUT2D eigenvalue weighted by Gasteiger charge is -2.02. The van der Waals surface area contributed by atoms with Crippen molar-refractivity contribution in [1.82, 2.24) is 0 Å². The van der Waals surface area contributed by atoms with Gasteiger partial charge in [0.25, 0.3) is 0 Å². The van der Waals surface area contributed by atoms with Crippen molar-refractivity contribution in [3.8, 4) is 6.07 Å². The van der Waals surface area contributed by atoms with Gasteiger partial charge in [0.1, 0.15) is 5.76 Å². The van der Waals surface area contributed by atoms with Crippen molar-refractivity contribution in [2.75, 3.05) is 0 Å². The van der Waals surface area contributed by atoms with Gasteiger partial charge in [-0.15, -0.1) is 0 Å². The third-order valence-electron chi connectivity index (χ3n) is 3.26. The average molecular weight is 451 g/mol. The number of hydrogen-bond donors (Lipinski definition) is 0. The Morgan fingerprint density at radius 2 is 1.88 bits per heavy atom. The van der Waals surface area contributed by atoms with Crippen molar-refractivity contribution < 1.29 is 4.42 Å². The number of halogens is 3. The average Bonchev–Trinajstić information content (AvgIpc) is 2.93. The lowest BCUT2D eigenvalue weighted by Crippen LogP contribution is -1.83. The third-order valence-corrected chi connectivity index (χ3v) is 5.65. The summed E-state index contributed by atoms with van der Waals surface area (Å²) in [5.74, 6) is 0.563. The fourth-order valence-electron chi connectivity index (χ4n) is 2.13. The highest BCUT2D eigenvalue weighted by Gasteiger charge is 2.12. The Hall–Kier alpha value is -1.64. The molecule has 3 aromatic rings. The van der Waals surface area contributed by atoms with Crippen molar-refractivity contribution in [2.24, 2.45) is 0 Å². The van der Waals surface area contributed by atoms with E-state index < -0.39 is 0 Å². The largest absolute Gasteiger partial charge is 0.449 e. The number of benzene rings is 2. The SMILES string of the molecule is N#C/C(=C/c1cc(Br)c(Sc2ccccc2)o1)c1ccc(Cl)cc1Cl. The van der Waals surface area contributed by atoms with Crippen molar-refractivity contribution in [3.05, 3.63) is 80.4 Å². The zero-order valence-electron chi connectivity index (χ0n) is 12.7. The fraction of sp³-hybridized carbons (Fsp3) is 0. The lowest BCUT2D eigenvalue weighted by atomic mass is 10.1. The van der Waals surface area contributed by atoms with E-state index in [2.05, 4.69) is 22.0 Å². The molecule has 0 fully saturated rings. The number of rotatable bonds is 4. The highest BCUT2D eigenvalue weighted by molar-refractivity contribution is 9.10. The molecule has 0 spiro atoms. The molecule has 0 aliphatic heterocycles. The predicted octanol–water partition coefficient (Wildman–Crippen LogP) is 7.56. The smallest absolute Gasteiger partial charge is 0.179 e. The Morgan fingerprint density at radius 1 is 1.12 bits per heavy atom. The first-order valence-electron chi connectivity index (χ1n) is 7.16. The molecule has 2 aromatic carbocycles. The van der Waals surface area contributed by atoms with Crippen molar-refractivity contribution in [3.63, 3.8) is 0 Å². The number of nitrogens with zero attached hydrogens (tertiary/aromatic N) is 1. The van der Waals surface area contributed by atoms with E-state index in [0.29, 0.717) is 26.9 Å². The van der Waals surface area contributed by atoms with E-state index in [4.69, 9.17) is 27.6 Å². The summed E-state index contributed by atoms with van der Waals surface area (Å²) in [6.07, 6.45) is 1.66.